The van der Waals surface area contributed by atoms with E-state index in [1.165, 1.54) is 11.6 Å². The Kier molecular flexibility index (Phi) is 5.13. The molecule has 1 aliphatic rings. The van der Waals surface area contributed by atoms with Gasteiger partial charge < -0.3 is 10.2 Å². The Hall–Kier alpha value is -2.22. The van der Waals surface area contributed by atoms with Gasteiger partial charge in [0.15, 0.2) is 0 Å². The van der Waals surface area contributed by atoms with Crippen molar-refractivity contribution in [2.45, 2.75) is 30.8 Å². The molecule has 2 aromatic carbocycles. The SMILES string of the molecule is C[C@@H]1C(=O)Nc2ccc(S(=O)(=O)NCc3ccc(CN(C)C)cc3)cc21. The van der Waals surface area contributed by atoms with Crippen molar-refractivity contribution in [3.05, 3.63) is 59.2 Å². The molecule has 0 saturated heterocycles. The maximum atomic E-state index is 12.6. The number of fused-ring (bicyclic) bond motifs is 1. The van der Waals surface area contributed by atoms with E-state index in [0.717, 1.165) is 12.1 Å². The summed E-state index contributed by atoms with van der Waals surface area (Å²) in [5, 5.41) is 2.74. The molecule has 2 N–H and O–H groups in total. The van der Waals surface area contributed by atoms with Crippen molar-refractivity contribution in [1.29, 1.82) is 0 Å². The predicted octanol–water partition coefficient (Wildman–Crippen LogP) is 2.28. The Bertz CT molecular complexity index is 922. The quantitative estimate of drug-likeness (QED) is 0.814. The molecule has 0 aliphatic carbocycles. The normalized spacial score (nSPS) is 16.6. The van der Waals surface area contributed by atoms with Crippen molar-refractivity contribution < 1.29 is 13.2 Å². The fraction of sp³-hybridized carbons (Fsp3) is 0.316. The van der Waals surface area contributed by atoms with Gasteiger partial charge in [-0.2, -0.15) is 0 Å². The Labute approximate surface area is 154 Å². The van der Waals surface area contributed by atoms with Gasteiger partial charge in [-0.1, -0.05) is 24.3 Å². The lowest BCUT2D eigenvalue weighted by Crippen LogP contribution is -2.23. The molecule has 1 amide bonds. The predicted molar refractivity (Wildman–Crippen MR) is 101 cm³/mol. The zero-order valence-electron chi connectivity index (χ0n) is 15.1. The van der Waals surface area contributed by atoms with Crippen LogP contribution in [-0.2, 0) is 27.9 Å². The van der Waals surface area contributed by atoms with Crippen LogP contribution in [0.5, 0.6) is 0 Å². The molecule has 3 rings (SSSR count). The van der Waals surface area contributed by atoms with Gasteiger partial charge in [0.1, 0.15) is 0 Å². The third-order valence-electron chi connectivity index (χ3n) is 4.44. The van der Waals surface area contributed by atoms with E-state index in [1.807, 2.05) is 38.4 Å². The van der Waals surface area contributed by atoms with Gasteiger partial charge in [-0.05, 0) is 55.9 Å². The largest absolute Gasteiger partial charge is 0.325 e. The number of hydrogen-bond donors (Lipinski definition) is 2. The van der Waals surface area contributed by atoms with Crippen molar-refractivity contribution in [3.8, 4) is 0 Å². The molecule has 0 bridgehead atoms. The van der Waals surface area contributed by atoms with Crippen molar-refractivity contribution in [3.63, 3.8) is 0 Å². The highest BCUT2D eigenvalue weighted by molar-refractivity contribution is 7.89. The summed E-state index contributed by atoms with van der Waals surface area (Å²) in [6, 6.07) is 12.6. The van der Waals surface area contributed by atoms with Gasteiger partial charge in [0.25, 0.3) is 0 Å². The zero-order chi connectivity index (χ0) is 18.9. The Morgan fingerprint density at radius 1 is 1.08 bits per heavy atom. The minimum absolute atomic E-state index is 0.111. The molecule has 1 aliphatic heterocycles. The number of carbonyl (C=O) groups is 1. The maximum absolute atomic E-state index is 12.6. The Morgan fingerprint density at radius 3 is 2.38 bits per heavy atom. The van der Waals surface area contributed by atoms with Crippen molar-refractivity contribution in [2.75, 3.05) is 19.4 Å². The summed E-state index contributed by atoms with van der Waals surface area (Å²) >= 11 is 0. The van der Waals surface area contributed by atoms with Gasteiger partial charge in [-0.25, -0.2) is 13.1 Å². The third-order valence-corrected chi connectivity index (χ3v) is 5.84. The van der Waals surface area contributed by atoms with Gasteiger partial charge in [-0.15, -0.1) is 0 Å². The number of sulfonamides is 1. The molecule has 1 heterocycles. The van der Waals surface area contributed by atoms with Gasteiger partial charge >= 0.3 is 0 Å². The van der Waals surface area contributed by atoms with E-state index in [2.05, 4.69) is 14.9 Å². The average molecular weight is 373 g/mol. The van der Waals surface area contributed by atoms with E-state index >= 15 is 0 Å². The van der Waals surface area contributed by atoms with Gasteiger partial charge in [0, 0.05) is 18.8 Å². The Morgan fingerprint density at radius 2 is 1.73 bits per heavy atom. The second-order valence-corrected chi connectivity index (χ2v) is 8.61. The second kappa shape index (κ2) is 7.19. The fourth-order valence-electron chi connectivity index (χ4n) is 2.95. The molecule has 0 saturated carbocycles. The fourth-order valence-corrected chi connectivity index (χ4v) is 4.00. The van der Waals surface area contributed by atoms with E-state index in [1.54, 1.807) is 19.1 Å². The molecular formula is C19H23N3O3S. The Balaban J connectivity index is 1.71. The molecule has 0 aromatic heterocycles. The van der Waals surface area contributed by atoms with Crippen LogP contribution in [0.1, 0.15) is 29.5 Å². The number of anilines is 1. The van der Waals surface area contributed by atoms with Gasteiger partial charge in [0.05, 0.1) is 10.8 Å². The van der Waals surface area contributed by atoms with Gasteiger partial charge in [0.2, 0.25) is 15.9 Å². The van der Waals surface area contributed by atoms with Crippen LogP contribution >= 0.6 is 0 Å². The standard InChI is InChI=1S/C19H23N3O3S/c1-13-17-10-16(8-9-18(17)21-19(13)23)26(24,25)20-11-14-4-6-15(7-5-14)12-22(2)3/h4-10,13,20H,11-12H2,1-3H3,(H,21,23)/t13-/m0/s1. The minimum Gasteiger partial charge on any atom is -0.325 e. The topological polar surface area (TPSA) is 78.5 Å². The van der Waals surface area contributed by atoms with Crippen LogP contribution in [0.4, 0.5) is 5.69 Å². The number of carbonyl (C=O) groups excluding carboxylic acids is 1. The van der Waals surface area contributed by atoms with E-state index in [4.69, 9.17) is 0 Å². The lowest BCUT2D eigenvalue weighted by Gasteiger charge is -2.11. The van der Waals surface area contributed by atoms with Crippen LogP contribution < -0.4 is 10.0 Å². The number of rotatable bonds is 6. The molecule has 0 unspecified atom stereocenters. The zero-order valence-corrected chi connectivity index (χ0v) is 15.9. The molecule has 0 radical (unpaired) electrons. The summed E-state index contributed by atoms with van der Waals surface area (Å²) in [6.45, 7) is 2.82. The van der Waals surface area contributed by atoms with Crippen LogP contribution in [0, 0.1) is 0 Å². The summed E-state index contributed by atoms with van der Waals surface area (Å²) in [5.41, 5.74) is 3.46. The number of benzene rings is 2. The smallest absolute Gasteiger partial charge is 0.240 e. The number of nitrogens with zero attached hydrogens (tertiary/aromatic N) is 1. The highest BCUT2D eigenvalue weighted by Crippen LogP contribution is 2.33. The van der Waals surface area contributed by atoms with Crippen LogP contribution in [0.15, 0.2) is 47.4 Å². The summed E-state index contributed by atoms with van der Waals surface area (Å²) < 4.78 is 27.8. The summed E-state index contributed by atoms with van der Waals surface area (Å²) in [7, 11) is 0.358. The summed E-state index contributed by atoms with van der Waals surface area (Å²) in [6.07, 6.45) is 0. The first-order valence-electron chi connectivity index (χ1n) is 8.43. The molecule has 7 heteroatoms. The monoisotopic (exact) mass is 373 g/mol. The molecule has 1 atom stereocenters. The second-order valence-electron chi connectivity index (χ2n) is 6.84. The molecular weight excluding hydrogens is 350 g/mol. The van der Waals surface area contributed by atoms with Crippen molar-refractivity contribution in [2.24, 2.45) is 0 Å². The molecule has 2 aromatic rings. The summed E-state index contributed by atoms with van der Waals surface area (Å²) in [4.78, 5) is 14.0. The van der Waals surface area contributed by atoms with Gasteiger partial charge in [-0.3, -0.25) is 4.79 Å². The number of hydrogen-bond acceptors (Lipinski definition) is 4. The molecule has 26 heavy (non-hydrogen) atoms. The van der Waals surface area contributed by atoms with Crippen molar-refractivity contribution in [1.82, 2.24) is 9.62 Å². The van der Waals surface area contributed by atoms with E-state index in [9.17, 15) is 13.2 Å². The average Bonchev–Trinajstić information content (AvgIpc) is 2.88. The highest BCUT2D eigenvalue weighted by Gasteiger charge is 2.28. The highest BCUT2D eigenvalue weighted by atomic mass is 32.2. The first kappa shape index (κ1) is 18.6. The minimum atomic E-state index is -3.65. The molecule has 6 nitrogen and oxygen atoms in total. The lowest BCUT2D eigenvalue weighted by molar-refractivity contribution is -0.116. The third kappa shape index (κ3) is 3.95. The van der Waals surface area contributed by atoms with Crippen LogP contribution in [0.3, 0.4) is 0 Å². The van der Waals surface area contributed by atoms with Crippen LogP contribution in [0.2, 0.25) is 0 Å². The van der Waals surface area contributed by atoms with E-state index < -0.39 is 10.0 Å². The lowest BCUT2D eigenvalue weighted by atomic mass is 10.0. The first-order chi connectivity index (χ1) is 12.3. The molecule has 138 valence electrons. The molecule has 0 fully saturated rings. The van der Waals surface area contributed by atoms with Crippen LogP contribution in [-0.4, -0.2) is 33.3 Å². The maximum Gasteiger partial charge on any atom is 0.240 e. The first-order valence-corrected chi connectivity index (χ1v) is 9.91. The summed E-state index contributed by atoms with van der Waals surface area (Å²) in [5.74, 6) is -0.454. The van der Waals surface area contributed by atoms with E-state index in [-0.39, 0.29) is 23.3 Å². The van der Waals surface area contributed by atoms with E-state index in [0.29, 0.717) is 11.3 Å². The number of nitrogens with one attached hydrogen (secondary N) is 2. The molecule has 0 spiro atoms. The van der Waals surface area contributed by atoms with Crippen LogP contribution in [0.25, 0.3) is 0 Å². The van der Waals surface area contributed by atoms with Crippen molar-refractivity contribution >= 4 is 21.6 Å². The number of amides is 1.